The molecule has 0 saturated heterocycles. The zero-order valence-electron chi connectivity index (χ0n) is 10.8. The van der Waals surface area contributed by atoms with Crippen LogP contribution in [0.15, 0.2) is 54.9 Å². The van der Waals surface area contributed by atoms with Crippen LogP contribution in [0.2, 0.25) is 5.02 Å². The number of benzene rings is 1. The minimum atomic E-state index is 0.584. The van der Waals surface area contributed by atoms with Crippen molar-refractivity contribution in [2.24, 2.45) is 0 Å². The molecule has 0 unspecified atom stereocenters. The van der Waals surface area contributed by atoms with Crippen LogP contribution in [0.4, 0.5) is 0 Å². The van der Waals surface area contributed by atoms with E-state index >= 15 is 0 Å². The van der Waals surface area contributed by atoms with Crippen molar-refractivity contribution in [2.45, 2.75) is 0 Å². The number of aromatic nitrogens is 3. The van der Waals surface area contributed by atoms with E-state index in [9.17, 15) is 0 Å². The van der Waals surface area contributed by atoms with Crippen LogP contribution in [0.3, 0.4) is 0 Å². The minimum Gasteiger partial charge on any atom is -0.497 e. The van der Waals surface area contributed by atoms with E-state index in [2.05, 4.69) is 10.1 Å². The molecule has 0 saturated carbocycles. The third kappa shape index (κ3) is 2.38. The predicted octanol–water partition coefficient (Wildman–Crippen LogP) is 3.60. The van der Waals surface area contributed by atoms with Gasteiger partial charge in [0.25, 0.3) is 0 Å². The Morgan fingerprint density at radius 1 is 1.10 bits per heavy atom. The largest absolute Gasteiger partial charge is 0.497 e. The highest BCUT2D eigenvalue weighted by Gasteiger charge is 2.11. The van der Waals surface area contributed by atoms with Crippen LogP contribution in [0.5, 0.6) is 5.75 Å². The summed E-state index contributed by atoms with van der Waals surface area (Å²) < 4.78 is 6.81. The smallest absolute Gasteiger partial charge is 0.153 e. The molecule has 5 heteroatoms. The molecule has 2 heterocycles. The summed E-state index contributed by atoms with van der Waals surface area (Å²) >= 11 is 6.26. The molecular formula is C15H12ClN3O. The number of hydrogen-bond donors (Lipinski definition) is 0. The van der Waals surface area contributed by atoms with Crippen LogP contribution in [0.25, 0.3) is 17.1 Å². The molecule has 0 aliphatic heterocycles. The normalized spacial score (nSPS) is 10.5. The van der Waals surface area contributed by atoms with Gasteiger partial charge in [0.15, 0.2) is 5.82 Å². The van der Waals surface area contributed by atoms with Crippen molar-refractivity contribution in [2.75, 3.05) is 7.11 Å². The zero-order valence-corrected chi connectivity index (χ0v) is 11.6. The van der Waals surface area contributed by atoms with Crippen molar-refractivity contribution in [1.82, 2.24) is 14.8 Å². The first-order valence-electron chi connectivity index (χ1n) is 6.09. The lowest BCUT2D eigenvalue weighted by atomic mass is 10.1. The third-order valence-corrected chi connectivity index (χ3v) is 3.19. The first-order chi connectivity index (χ1) is 9.78. The van der Waals surface area contributed by atoms with Crippen LogP contribution < -0.4 is 4.74 Å². The molecule has 0 radical (unpaired) electrons. The Bertz CT molecular complexity index is 708. The number of halogens is 1. The lowest BCUT2D eigenvalue weighted by Crippen LogP contribution is -1.97. The summed E-state index contributed by atoms with van der Waals surface area (Å²) in [6, 6.07) is 13.3. The topological polar surface area (TPSA) is 39.9 Å². The highest BCUT2D eigenvalue weighted by atomic mass is 35.5. The Morgan fingerprint density at radius 2 is 1.90 bits per heavy atom. The van der Waals surface area contributed by atoms with Gasteiger partial charge in [0, 0.05) is 11.8 Å². The molecule has 0 aliphatic carbocycles. The fourth-order valence-corrected chi connectivity index (χ4v) is 2.14. The highest BCUT2D eigenvalue weighted by molar-refractivity contribution is 6.33. The van der Waals surface area contributed by atoms with E-state index in [-0.39, 0.29) is 0 Å². The number of nitrogens with zero attached hydrogens (tertiary/aromatic N) is 3. The molecule has 3 aromatic rings. The maximum absolute atomic E-state index is 6.26. The van der Waals surface area contributed by atoms with Crippen molar-refractivity contribution < 1.29 is 4.74 Å². The van der Waals surface area contributed by atoms with Crippen molar-refractivity contribution in [3.63, 3.8) is 0 Å². The second-order valence-corrected chi connectivity index (χ2v) is 4.59. The molecule has 0 N–H and O–H groups in total. The molecule has 0 bridgehead atoms. The van der Waals surface area contributed by atoms with Crippen LogP contribution in [0, 0.1) is 0 Å². The van der Waals surface area contributed by atoms with Crippen LogP contribution in [0.1, 0.15) is 0 Å². The lowest BCUT2D eigenvalue weighted by molar-refractivity contribution is 0.415. The SMILES string of the molecule is COc1ccc(-c2nn(-c3ccccn3)cc2Cl)cc1. The maximum atomic E-state index is 6.26. The number of ether oxygens (including phenoxy) is 1. The number of pyridine rings is 1. The lowest BCUT2D eigenvalue weighted by Gasteiger charge is -2.01. The summed E-state index contributed by atoms with van der Waals surface area (Å²) in [5, 5.41) is 5.07. The Hall–Kier alpha value is -2.33. The van der Waals surface area contributed by atoms with Gasteiger partial charge in [-0.2, -0.15) is 5.10 Å². The standard InChI is InChI=1S/C15H12ClN3O/c1-20-12-7-5-11(6-8-12)15-13(16)10-19(18-15)14-4-2-3-9-17-14/h2-10H,1H3. The van der Waals surface area contributed by atoms with Gasteiger partial charge in [-0.1, -0.05) is 17.7 Å². The summed E-state index contributed by atoms with van der Waals surface area (Å²) in [6.45, 7) is 0. The summed E-state index contributed by atoms with van der Waals surface area (Å²) in [4.78, 5) is 4.25. The van der Waals surface area contributed by atoms with Crippen molar-refractivity contribution in [3.05, 3.63) is 59.9 Å². The zero-order chi connectivity index (χ0) is 13.9. The fourth-order valence-electron chi connectivity index (χ4n) is 1.90. The number of hydrogen-bond acceptors (Lipinski definition) is 3. The fraction of sp³-hybridized carbons (Fsp3) is 0.0667. The molecule has 20 heavy (non-hydrogen) atoms. The Balaban J connectivity index is 2.00. The Kier molecular flexibility index (Phi) is 3.39. The average molecular weight is 286 g/mol. The molecule has 0 aliphatic rings. The molecule has 2 aromatic heterocycles. The molecule has 0 atom stereocenters. The Morgan fingerprint density at radius 3 is 2.55 bits per heavy atom. The number of rotatable bonds is 3. The molecule has 1 aromatic carbocycles. The van der Waals surface area contributed by atoms with Gasteiger partial charge in [-0.3, -0.25) is 0 Å². The molecular weight excluding hydrogens is 274 g/mol. The first-order valence-corrected chi connectivity index (χ1v) is 6.47. The van der Waals surface area contributed by atoms with Gasteiger partial charge in [-0.15, -0.1) is 0 Å². The van der Waals surface area contributed by atoms with E-state index in [4.69, 9.17) is 16.3 Å². The number of methoxy groups -OCH3 is 1. The van der Waals surface area contributed by atoms with E-state index in [0.717, 1.165) is 22.8 Å². The molecule has 3 rings (SSSR count). The Labute approximate surface area is 121 Å². The van der Waals surface area contributed by atoms with Crippen molar-refractivity contribution >= 4 is 11.6 Å². The van der Waals surface area contributed by atoms with Crippen LogP contribution in [-0.2, 0) is 0 Å². The molecule has 0 spiro atoms. The van der Waals surface area contributed by atoms with E-state index < -0.39 is 0 Å². The van der Waals surface area contributed by atoms with E-state index in [0.29, 0.717) is 5.02 Å². The van der Waals surface area contributed by atoms with Crippen LogP contribution in [-0.4, -0.2) is 21.9 Å². The monoisotopic (exact) mass is 285 g/mol. The van der Waals surface area contributed by atoms with Gasteiger partial charge in [0.05, 0.1) is 18.3 Å². The van der Waals surface area contributed by atoms with Gasteiger partial charge in [0.1, 0.15) is 11.4 Å². The highest BCUT2D eigenvalue weighted by Crippen LogP contribution is 2.28. The second-order valence-electron chi connectivity index (χ2n) is 4.19. The van der Waals surface area contributed by atoms with Gasteiger partial charge >= 0.3 is 0 Å². The third-order valence-electron chi connectivity index (χ3n) is 2.92. The quantitative estimate of drug-likeness (QED) is 0.738. The van der Waals surface area contributed by atoms with E-state index in [1.807, 2.05) is 42.5 Å². The molecule has 0 fully saturated rings. The van der Waals surface area contributed by atoms with Crippen molar-refractivity contribution in [3.8, 4) is 22.8 Å². The molecule has 100 valence electrons. The van der Waals surface area contributed by atoms with Gasteiger partial charge in [-0.05, 0) is 36.4 Å². The second kappa shape index (κ2) is 5.35. The van der Waals surface area contributed by atoms with E-state index in [1.54, 1.807) is 24.2 Å². The maximum Gasteiger partial charge on any atom is 0.153 e. The first kappa shape index (κ1) is 12.7. The summed E-state index contributed by atoms with van der Waals surface area (Å²) in [6.07, 6.45) is 3.47. The van der Waals surface area contributed by atoms with Gasteiger partial charge < -0.3 is 4.74 Å². The summed E-state index contributed by atoms with van der Waals surface area (Å²) in [5.74, 6) is 1.53. The predicted molar refractivity (Wildman–Crippen MR) is 78.4 cm³/mol. The van der Waals surface area contributed by atoms with E-state index in [1.165, 1.54) is 0 Å². The van der Waals surface area contributed by atoms with Crippen molar-refractivity contribution in [1.29, 1.82) is 0 Å². The van der Waals surface area contributed by atoms with Crippen LogP contribution >= 0.6 is 11.6 Å². The summed E-state index contributed by atoms with van der Waals surface area (Å²) in [5.41, 5.74) is 1.66. The van der Waals surface area contributed by atoms with Gasteiger partial charge in [-0.25, -0.2) is 9.67 Å². The molecule has 4 nitrogen and oxygen atoms in total. The average Bonchev–Trinajstić information content (AvgIpc) is 2.90. The summed E-state index contributed by atoms with van der Waals surface area (Å²) in [7, 11) is 1.64. The molecule has 0 amide bonds. The van der Waals surface area contributed by atoms with Gasteiger partial charge in [0.2, 0.25) is 0 Å². The minimum absolute atomic E-state index is 0.584.